The fraction of sp³-hybridized carbons (Fsp3) is 0.941. The molecule has 1 saturated heterocycles. The van der Waals surface area contributed by atoms with Crippen molar-refractivity contribution in [1.29, 1.82) is 0 Å². The van der Waals surface area contributed by atoms with Crippen molar-refractivity contribution in [3.05, 3.63) is 0 Å². The number of hydrogen-bond donors (Lipinski definition) is 2. The van der Waals surface area contributed by atoms with Gasteiger partial charge in [0, 0.05) is 51.3 Å². The summed E-state index contributed by atoms with van der Waals surface area (Å²) >= 11 is 2.05. The SMILES string of the molecule is CCSC1(CNC(=NC)NCCCOCC2CC2)CCOCC1. The molecule has 2 N–H and O–H groups in total. The van der Waals surface area contributed by atoms with Gasteiger partial charge in [0.05, 0.1) is 0 Å². The van der Waals surface area contributed by atoms with Gasteiger partial charge in [-0.15, -0.1) is 0 Å². The van der Waals surface area contributed by atoms with Crippen molar-refractivity contribution >= 4 is 17.7 Å². The van der Waals surface area contributed by atoms with E-state index >= 15 is 0 Å². The quantitative estimate of drug-likeness (QED) is 0.362. The molecule has 6 heteroatoms. The smallest absolute Gasteiger partial charge is 0.191 e. The summed E-state index contributed by atoms with van der Waals surface area (Å²) in [6, 6.07) is 0. The van der Waals surface area contributed by atoms with Crippen molar-refractivity contribution in [3.8, 4) is 0 Å². The zero-order valence-corrected chi connectivity index (χ0v) is 15.6. The van der Waals surface area contributed by atoms with Crippen molar-refractivity contribution in [2.45, 2.75) is 43.8 Å². The van der Waals surface area contributed by atoms with E-state index in [2.05, 4.69) is 34.3 Å². The zero-order chi connectivity index (χ0) is 16.4. The van der Waals surface area contributed by atoms with E-state index in [9.17, 15) is 0 Å². The van der Waals surface area contributed by atoms with E-state index in [0.29, 0.717) is 0 Å². The molecule has 0 aromatic heterocycles. The van der Waals surface area contributed by atoms with Crippen LogP contribution in [0.25, 0.3) is 0 Å². The summed E-state index contributed by atoms with van der Waals surface area (Å²) in [5.74, 6) is 2.89. The van der Waals surface area contributed by atoms with Crippen LogP contribution < -0.4 is 10.6 Å². The van der Waals surface area contributed by atoms with Crippen molar-refractivity contribution in [2.24, 2.45) is 10.9 Å². The number of nitrogens with zero attached hydrogens (tertiary/aromatic N) is 1. The van der Waals surface area contributed by atoms with Gasteiger partial charge >= 0.3 is 0 Å². The molecule has 0 aromatic rings. The molecule has 0 unspecified atom stereocenters. The van der Waals surface area contributed by atoms with E-state index in [4.69, 9.17) is 9.47 Å². The molecule has 1 aliphatic heterocycles. The molecule has 5 nitrogen and oxygen atoms in total. The molecule has 0 aromatic carbocycles. The third-order valence-corrected chi connectivity index (χ3v) is 5.92. The van der Waals surface area contributed by atoms with E-state index in [1.165, 1.54) is 12.8 Å². The van der Waals surface area contributed by atoms with Crippen molar-refractivity contribution in [3.63, 3.8) is 0 Å². The first-order valence-corrected chi connectivity index (χ1v) is 10.0. The van der Waals surface area contributed by atoms with Crippen LogP contribution in [0, 0.1) is 5.92 Å². The molecule has 0 amide bonds. The van der Waals surface area contributed by atoms with Crippen LogP contribution in [-0.2, 0) is 9.47 Å². The van der Waals surface area contributed by atoms with E-state index < -0.39 is 0 Å². The Morgan fingerprint density at radius 3 is 2.74 bits per heavy atom. The molecule has 2 rings (SSSR count). The maximum atomic E-state index is 5.66. The fourth-order valence-electron chi connectivity index (χ4n) is 2.80. The Hall–Kier alpha value is -0.460. The van der Waals surface area contributed by atoms with Gasteiger partial charge in [-0.1, -0.05) is 6.92 Å². The van der Waals surface area contributed by atoms with Gasteiger partial charge < -0.3 is 20.1 Å². The standard InChI is InChI=1S/C17H33N3O2S/c1-3-23-17(7-11-21-12-8-17)14-20-16(18-2)19-9-4-10-22-13-15-5-6-15/h15H,3-14H2,1-2H3,(H2,18,19,20). The number of rotatable bonds is 10. The second-order valence-electron chi connectivity index (χ2n) is 6.45. The molecule has 0 bridgehead atoms. The highest BCUT2D eigenvalue weighted by Crippen LogP contribution is 2.34. The number of aliphatic imine (C=N–C) groups is 1. The molecular weight excluding hydrogens is 310 g/mol. The first-order chi connectivity index (χ1) is 11.3. The number of guanidine groups is 1. The van der Waals surface area contributed by atoms with Crippen molar-refractivity contribution < 1.29 is 9.47 Å². The molecule has 0 spiro atoms. The number of thioether (sulfide) groups is 1. The van der Waals surface area contributed by atoms with E-state index in [1.807, 2.05) is 7.05 Å². The lowest BCUT2D eigenvalue weighted by Crippen LogP contribution is -2.48. The largest absolute Gasteiger partial charge is 0.381 e. The van der Waals surface area contributed by atoms with Gasteiger partial charge in [-0.25, -0.2) is 0 Å². The van der Waals surface area contributed by atoms with Gasteiger partial charge in [-0.05, 0) is 43.8 Å². The Morgan fingerprint density at radius 2 is 2.09 bits per heavy atom. The van der Waals surface area contributed by atoms with E-state index in [1.54, 1.807) is 0 Å². The molecule has 1 heterocycles. The summed E-state index contributed by atoms with van der Waals surface area (Å²) in [6.07, 6.45) is 5.97. The molecule has 2 aliphatic rings. The van der Waals surface area contributed by atoms with Gasteiger partial charge in [-0.3, -0.25) is 4.99 Å². The predicted molar refractivity (Wildman–Crippen MR) is 98.4 cm³/mol. The summed E-state index contributed by atoms with van der Waals surface area (Å²) in [5.41, 5.74) is 0. The highest BCUT2D eigenvalue weighted by atomic mass is 32.2. The van der Waals surface area contributed by atoms with E-state index in [0.717, 1.165) is 76.4 Å². The summed E-state index contributed by atoms with van der Waals surface area (Å²) in [6.45, 7) is 7.63. The van der Waals surface area contributed by atoms with E-state index in [-0.39, 0.29) is 4.75 Å². The molecule has 134 valence electrons. The average molecular weight is 344 g/mol. The molecule has 2 fully saturated rings. The molecule has 1 saturated carbocycles. The van der Waals surface area contributed by atoms with Crippen LogP contribution in [0.5, 0.6) is 0 Å². The predicted octanol–water partition coefficient (Wildman–Crippen LogP) is 2.27. The van der Waals surface area contributed by atoms with Crippen LogP contribution >= 0.6 is 11.8 Å². The topological polar surface area (TPSA) is 54.9 Å². The summed E-state index contributed by atoms with van der Waals surface area (Å²) in [5, 5.41) is 6.90. The monoisotopic (exact) mass is 343 g/mol. The maximum Gasteiger partial charge on any atom is 0.191 e. The lowest BCUT2D eigenvalue weighted by molar-refractivity contribution is 0.0782. The van der Waals surface area contributed by atoms with Crippen LogP contribution in [0.15, 0.2) is 4.99 Å². The molecule has 1 aliphatic carbocycles. The van der Waals surface area contributed by atoms with Crippen LogP contribution in [-0.4, -0.2) is 63.0 Å². The lowest BCUT2D eigenvalue weighted by Gasteiger charge is -2.37. The van der Waals surface area contributed by atoms with Crippen LogP contribution in [0.3, 0.4) is 0 Å². The van der Waals surface area contributed by atoms with Crippen LogP contribution in [0.1, 0.15) is 39.0 Å². The minimum atomic E-state index is 0.290. The van der Waals surface area contributed by atoms with Gasteiger partial charge in [0.2, 0.25) is 0 Å². The Labute approximate surface area is 145 Å². The Morgan fingerprint density at radius 1 is 1.30 bits per heavy atom. The summed E-state index contributed by atoms with van der Waals surface area (Å²) in [4.78, 5) is 4.33. The minimum Gasteiger partial charge on any atom is -0.381 e. The average Bonchev–Trinajstić information content (AvgIpc) is 3.39. The number of nitrogens with one attached hydrogen (secondary N) is 2. The lowest BCUT2D eigenvalue weighted by atomic mass is 9.99. The summed E-state index contributed by atoms with van der Waals surface area (Å²) < 4.78 is 11.5. The molecule has 0 atom stereocenters. The highest BCUT2D eigenvalue weighted by Gasteiger charge is 2.32. The first-order valence-electron chi connectivity index (χ1n) is 9.02. The van der Waals surface area contributed by atoms with Gasteiger partial charge in [0.25, 0.3) is 0 Å². The normalized spacial score (nSPS) is 21.2. The Bertz CT molecular complexity index is 350. The van der Waals surface area contributed by atoms with Gasteiger partial charge in [0.1, 0.15) is 0 Å². The molecule has 0 radical (unpaired) electrons. The third kappa shape index (κ3) is 7.31. The van der Waals surface area contributed by atoms with Gasteiger partial charge in [0.15, 0.2) is 5.96 Å². The van der Waals surface area contributed by atoms with Crippen molar-refractivity contribution in [2.75, 3.05) is 52.3 Å². The first kappa shape index (κ1) is 18.9. The number of ether oxygens (including phenoxy) is 2. The van der Waals surface area contributed by atoms with Crippen LogP contribution in [0.2, 0.25) is 0 Å². The van der Waals surface area contributed by atoms with Gasteiger partial charge in [-0.2, -0.15) is 11.8 Å². The van der Waals surface area contributed by atoms with Crippen molar-refractivity contribution in [1.82, 2.24) is 10.6 Å². The van der Waals surface area contributed by atoms with Crippen LogP contribution in [0.4, 0.5) is 0 Å². The molecule has 23 heavy (non-hydrogen) atoms. The second-order valence-corrected chi connectivity index (χ2v) is 8.18. The minimum absolute atomic E-state index is 0.290. The highest BCUT2D eigenvalue weighted by molar-refractivity contribution is 8.00. The second kappa shape index (κ2) is 10.4. The Balaban J connectivity index is 1.60. The summed E-state index contributed by atoms with van der Waals surface area (Å²) in [7, 11) is 1.84. The zero-order valence-electron chi connectivity index (χ0n) is 14.7. The fourth-order valence-corrected chi connectivity index (χ4v) is 4.04. The maximum absolute atomic E-state index is 5.66. The third-order valence-electron chi connectivity index (χ3n) is 4.46. The molecular formula is C17H33N3O2S. The Kier molecular flexibility index (Phi) is 8.55. The number of hydrogen-bond acceptors (Lipinski definition) is 4.